The number of amides is 3. The van der Waals surface area contributed by atoms with E-state index in [4.69, 9.17) is 0 Å². The van der Waals surface area contributed by atoms with Crippen LogP contribution in [-0.4, -0.2) is 24.5 Å². The highest BCUT2D eigenvalue weighted by atomic mass is 19.1. The van der Waals surface area contributed by atoms with E-state index in [9.17, 15) is 14.0 Å². The van der Waals surface area contributed by atoms with Gasteiger partial charge in [0.1, 0.15) is 11.9 Å². The molecule has 3 amide bonds. The minimum absolute atomic E-state index is 0.115. The number of hydrogen-bond donors (Lipinski definition) is 2. The van der Waals surface area contributed by atoms with Crippen LogP contribution in [0.1, 0.15) is 23.1 Å². The molecule has 0 radical (unpaired) electrons. The van der Waals surface area contributed by atoms with E-state index >= 15 is 0 Å². The van der Waals surface area contributed by atoms with Crippen molar-refractivity contribution in [3.05, 3.63) is 65.0 Å². The summed E-state index contributed by atoms with van der Waals surface area (Å²) in [5.41, 5.74) is 3.71. The summed E-state index contributed by atoms with van der Waals surface area (Å²) in [6.07, 6.45) is 0.555. The van der Waals surface area contributed by atoms with Crippen molar-refractivity contribution < 1.29 is 14.0 Å². The second kappa shape index (κ2) is 7.56. The third-order valence-electron chi connectivity index (χ3n) is 4.37. The van der Waals surface area contributed by atoms with E-state index in [1.165, 1.54) is 12.1 Å². The van der Waals surface area contributed by atoms with Crippen LogP contribution in [0.2, 0.25) is 0 Å². The molecule has 2 aromatic rings. The van der Waals surface area contributed by atoms with Gasteiger partial charge < -0.3 is 15.5 Å². The molecular formula is C20H22FN3O2. The zero-order chi connectivity index (χ0) is 18.7. The summed E-state index contributed by atoms with van der Waals surface area (Å²) in [6.45, 7) is 4.75. The summed E-state index contributed by atoms with van der Waals surface area (Å²) < 4.78 is 13.2. The number of benzene rings is 2. The molecule has 0 aliphatic carbocycles. The molecule has 1 fully saturated rings. The molecule has 6 heteroatoms. The van der Waals surface area contributed by atoms with Gasteiger partial charge in [-0.25, -0.2) is 9.18 Å². The molecule has 0 saturated carbocycles. The second-order valence-corrected chi connectivity index (χ2v) is 6.63. The first kappa shape index (κ1) is 17.9. The summed E-state index contributed by atoms with van der Waals surface area (Å²) >= 11 is 0. The van der Waals surface area contributed by atoms with Crippen LogP contribution in [0.15, 0.2) is 42.5 Å². The molecule has 2 aromatic carbocycles. The van der Waals surface area contributed by atoms with Crippen LogP contribution < -0.4 is 15.5 Å². The fourth-order valence-corrected chi connectivity index (χ4v) is 3.22. The first-order chi connectivity index (χ1) is 12.4. The third kappa shape index (κ3) is 4.20. The van der Waals surface area contributed by atoms with Crippen LogP contribution in [0.3, 0.4) is 0 Å². The Morgan fingerprint density at radius 2 is 1.92 bits per heavy atom. The van der Waals surface area contributed by atoms with E-state index in [1.807, 2.05) is 26.0 Å². The number of nitrogens with one attached hydrogen (secondary N) is 2. The standard InChI is InChI=1S/C20H22FN3O2/c1-13-8-14(2)10-17(9-13)24-7-6-18(19(24)25)23-20(26)22-12-15-4-3-5-16(21)11-15/h3-5,8-11,18H,6-7,12H2,1-2H3,(H2,22,23,26). The lowest BCUT2D eigenvalue weighted by Crippen LogP contribution is -2.46. The molecule has 0 bridgehead atoms. The van der Waals surface area contributed by atoms with Gasteiger partial charge in [0.25, 0.3) is 0 Å². The summed E-state index contributed by atoms with van der Waals surface area (Å²) in [5.74, 6) is -0.462. The smallest absolute Gasteiger partial charge is 0.315 e. The predicted octanol–water partition coefficient (Wildman–Crippen LogP) is 3.05. The van der Waals surface area contributed by atoms with Crippen LogP contribution in [0.5, 0.6) is 0 Å². The van der Waals surface area contributed by atoms with Gasteiger partial charge in [-0.15, -0.1) is 0 Å². The van der Waals surface area contributed by atoms with Gasteiger partial charge >= 0.3 is 6.03 Å². The highest BCUT2D eigenvalue weighted by Crippen LogP contribution is 2.24. The highest BCUT2D eigenvalue weighted by molar-refractivity contribution is 6.01. The van der Waals surface area contributed by atoms with Gasteiger partial charge in [-0.1, -0.05) is 18.2 Å². The van der Waals surface area contributed by atoms with E-state index in [-0.39, 0.29) is 18.3 Å². The molecule has 1 unspecified atom stereocenters. The van der Waals surface area contributed by atoms with Gasteiger partial charge in [0.15, 0.2) is 0 Å². The van der Waals surface area contributed by atoms with E-state index < -0.39 is 12.1 Å². The quantitative estimate of drug-likeness (QED) is 0.886. The molecule has 1 atom stereocenters. The number of carbonyl (C=O) groups excluding carboxylic acids is 2. The van der Waals surface area contributed by atoms with E-state index in [0.29, 0.717) is 18.5 Å². The summed E-state index contributed by atoms with van der Waals surface area (Å²) in [5, 5.41) is 5.37. The molecule has 0 aromatic heterocycles. The van der Waals surface area contributed by atoms with Crippen LogP contribution in [0, 0.1) is 19.7 Å². The molecule has 136 valence electrons. The molecular weight excluding hydrogens is 333 g/mol. The zero-order valence-corrected chi connectivity index (χ0v) is 14.9. The van der Waals surface area contributed by atoms with Crippen molar-refractivity contribution in [2.24, 2.45) is 0 Å². The molecule has 2 N–H and O–H groups in total. The van der Waals surface area contributed by atoms with Gasteiger partial charge in [-0.2, -0.15) is 0 Å². The lowest BCUT2D eigenvalue weighted by Gasteiger charge is -2.18. The maximum Gasteiger partial charge on any atom is 0.315 e. The molecule has 1 aliphatic heterocycles. The fourth-order valence-electron chi connectivity index (χ4n) is 3.22. The van der Waals surface area contributed by atoms with Gasteiger partial charge in [-0.3, -0.25) is 4.79 Å². The number of urea groups is 1. The van der Waals surface area contributed by atoms with Crippen molar-refractivity contribution in [3.63, 3.8) is 0 Å². The number of anilines is 1. The van der Waals surface area contributed by atoms with Crippen LogP contribution >= 0.6 is 0 Å². The number of aryl methyl sites for hydroxylation is 2. The van der Waals surface area contributed by atoms with Crippen LogP contribution in [0.25, 0.3) is 0 Å². The van der Waals surface area contributed by atoms with E-state index in [2.05, 4.69) is 16.7 Å². The van der Waals surface area contributed by atoms with Crippen molar-refractivity contribution >= 4 is 17.6 Å². The molecule has 1 saturated heterocycles. The summed E-state index contributed by atoms with van der Waals surface area (Å²) in [6, 6.07) is 11.0. The lowest BCUT2D eigenvalue weighted by molar-refractivity contribution is -0.118. The second-order valence-electron chi connectivity index (χ2n) is 6.63. The summed E-state index contributed by atoms with van der Waals surface area (Å²) in [4.78, 5) is 26.4. The Bertz CT molecular complexity index is 817. The Labute approximate surface area is 152 Å². The topological polar surface area (TPSA) is 61.4 Å². The number of carbonyl (C=O) groups is 2. The normalized spacial score (nSPS) is 16.7. The van der Waals surface area contributed by atoms with Crippen molar-refractivity contribution in [1.82, 2.24) is 10.6 Å². The third-order valence-corrected chi connectivity index (χ3v) is 4.37. The Morgan fingerprint density at radius 1 is 1.19 bits per heavy atom. The minimum atomic E-state index is -0.552. The number of rotatable bonds is 4. The Kier molecular flexibility index (Phi) is 5.21. The van der Waals surface area contributed by atoms with Crippen molar-refractivity contribution in [1.29, 1.82) is 0 Å². The van der Waals surface area contributed by atoms with Crippen LogP contribution in [-0.2, 0) is 11.3 Å². The maximum atomic E-state index is 13.2. The average Bonchev–Trinajstić information content (AvgIpc) is 2.93. The van der Waals surface area contributed by atoms with Gasteiger partial charge in [-0.05, 0) is 61.2 Å². The molecule has 3 rings (SSSR count). The SMILES string of the molecule is Cc1cc(C)cc(N2CCC(NC(=O)NCc3cccc(F)c3)C2=O)c1. The molecule has 0 spiro atoms. The number of nitrogens with zero attached hydrogens (tertiary/aromatic N) is 1. The first-order valence-corrected chi connectivity index (χ1v) is 8.61. The van der Waals surface area contributed by atoms with Crippen molar-refractivity contribution in [2.75, 3.05) is 11.4 Å². The molecule has 5 nitrogen and oxygen atoms in total. The van der Waals surface area contributed by atoms with E-state index in [0.717, 1.165) is 16.8 Å². The predicted molar refractivity (Wildman–Crippen MR) is 98.4 cm³/mol. The zero-order valence-electron chi connectivity index (χ0n) is 14.9. The van der Waals surface area contributed by atoms with Gasteiger partial charge in [0.05, 0.1) is 0 Å². The molecule has 26 heavy (non-hydrogen) atoms. The van der Waals surface area contributed by atoms with E-state index in [1.54, 1.807) is 17.0 Å². The first-order valence-electron chi connectivity index (χ1n) is 8.61. The lowest BCUT2D eigenvalue weighted by atomic mass is 10.1. The maximum absolute atomic E-state index is 13.2. The average molecular weight is 355 g/mol. The van der Waals surface area contributed by atoms with Gasteiger partial charge in [0, 0.05) is 18.8 Å². The van der Waals surface area contributed by atoms with Crippen molar-refractivity contribution in [2.45, 2.75) is 32.9 Å². The Balaban J connectivity index is 1.57. The monoisotopic (exact) mass is 355 g/mol. The Morgan fingerprint density at radius 3 is 2.62 bits per heavy atom. The van der Waals surface area contributed by atoms with Gasteiger partial charge in [0.2, 0.25) is 5.91 Å². The highest BCUT2D eigenvalue weighted by Gasteiger charge is 2.33. The minimum Gasteiger partial charge on any atom is -0.334 e. The molecule has 1 heterocycles. The summed E-state index contributed by atoms with van der Waals surface area (Å²) in [7, 11) is 0. The van der Waals surface area contributed by atoms with Crippen LogP contribution in [0.4, 0.5) is 14.9 Å². The molecule has 1 aliphatic rings. The fraction of sp³-hybridized carbons (Fsp3) is 0.300. The largest absolute Gasteiger partial charge is 0.334 e. The van der Waals surface area contributed by atoms with Crippen molar-refractivity contribution in [3.8, 4) is 0 Å². The number of hydrogen-bond acceptors (Lipinski definition) is 2. The number of halogens is 1. The Hall–Kier alpha value is -2.89.